The molecule has 2 N–H and O–H groups in total. The molecule has 6 heteroatoms. The van der Waals surface area contributed by atoms with Gasteiger partial charge in [0, 0.05) is 6.61 Å². The highest BCUT2D eigenvalue weighted by molar-refractivity contribution is 6.32. The first-order valence-corrected chi connectivity index (χ1v) is 4.50. The SMILES string of the molecule is OB(O)OCCOC1CCCCO1. The molecule has 1 atom stereocenters. The highest BCUT2D eigenvalue weighted by Gasteiger charge is 2.14. The first-order valence-electron chi connectivity index (χ1n) is 4.50. The lowest BCUT2D eigenvalue weighted by atomic mass is 10.2. The van der Waals surface area contributed by atoms with Crippen molar-refractivity contribution in [3.63, 3.8) is 0 Å². The van der Waals surface area contributed by atoms with Crippen LogP contribution in [-0.2, 0) is 14.1 Å². The van der Waals surface area contributed by atoms with Crippen LogP contribution in [0.1, 0.15) is 19.3 Å². The third-order valence-electron chi connectivity index (χ3n) is 1.79. The Morgan fingerprint density at radius 2 is 2.15 bits per heavy atom. The summed E-state index contributed by atoms with van der Waals surface area (Å²) in [5.74, 6) is 0. The summed E-state index contributed by atoms with van der Waals surface area (Å²) < 4.78 is 15.0. The van der Waals surface area contributed by atoms with Crippen molar-refractivity contribution in [1.82, 2.24) is 0 Å². The van der Waals surface area contributed by atoms with Crippen molar-refractivity contribution < 1.29 is 24.2 Å². The zero-order chi connectivity index (χ0) is 9.52. The lowest BCUT2D eigenvalue weighted by Crippen LogP contribution is -2.26. The zero-order valence-electron chi connectivity index (χ0n) is 7.52. The molecule has 0 spiro atoms. The van der Waals surface area contributed by atoms with Crippen molar-refractivity contribution in [3.05, 3.63) is 0 Å². The molecule has 1 saturated heterocycles. The van der Waals surface area contributed by atoms with Crippen LogP contribution in [0.4, 0.5) is 0 Å². The van der Waals surface area contributed by atoms with E-state index in [0.717, 1.165) is 25.9 Å². The van der Waals surface area contributed by atoms with E-state index in [9.17, 15) is 0 Å². The maximum atomic E-state index is 8.34. The van der Waals surface area contributed by atoms with Gasteiger partial charge in [0.25, 0.3) is 0 Å². The maximum Gasteiger partial charge on any atom is 0.633 e. The Labute approximate surface area is 77.8 Å². The summed E-state index contributed by atoms with van der Waals surface area (Å²) in [6, 6.07) is 0. The van der Waals surface area contributed by atoms with Gasteiger partial charge in [0.05, 0.1) is 13.2 Å². The molecule has 1 aliphatic heterocycles. The van der Waals surface area contributed by atoms with Crippen molar-refractivity contribution in [2.45, 2.75) is 25.6 Å². The van der Waals surface area contributed by atoms with Crippen molar-refractivity contribution in [2.24, 2.45) is 0 Å². The minimum absolute atomic E-state index is 0.145. The Balaban J connectivity index is 1.92. The smallest absolute Gasteiger partial charge is 0.402 e. The quantitative estimate of drug-likeness (QED) is 0.452. The lowest BCUT2D eigenvalue weighted by Gasteiger charge is -2.22. The molecule has 0 aromatic carbocycles. The zero-order valence-corrected chi connectivity index (χ0v) is 7.52. The average molecular weight is 190 g/mol. The van der Waals surface area contributed by atoms with E-state index in [-0.39, 0.29) is 12.9 Å². The molecule has 0 saturated carbocycles. The van der Waals surface area contributed by atoms with Crippen molar-refractivity contribution in [2.75, 3.05) is 19.8 Å². The molecular weight excluding hydrogens is 175 g/mol. The second-order valence-corrected chi connectivity index (χ2v) is 2.86. The molecule has 1 heterocycles. The summed E-state index contributed by atoms with van der Waals surface area (Å²) in [5, 5.41) is 16.7. The van der Waals surface area contributed by atoms with E-state index in [1.54, 1.807) is 0 Å². The van der Waals surface area contributed by atoms with Crippen molar-refractivity contribution >= 4 is 7.32 Å². The van der Waals surface area contributed by atoms with Crippen LogP contribution < -0.4 is 0 Å². The molecule has 0 aromatic rings. The van der Waals surface area contributed by atoms with Crippen molar-refractivity contribution in [1.29, 1.82) is 0 Å². The third-order valence-corrected chi connectivity index (χ3v) is 1.79. The van der Waals surface area contributed by atoms with Crippen LogP contribution in [0.5, 0.6) is 0 Å². The molecule has 0 aliphatic carbocycles. The van der Waals surface area contributed by atoms with Gasteiger partial charge in [0.1, 0.15) is 0 Å². The fourth-order valence-electron chi connectivity index (χ4n) is 1.18. The van der Waals surface area contributed by atoms with E-state index in [1.165, 1.54) is 0 Å². The Kier molecular flexibility index (Phi) is 5.34. The Morgan fingerprint density at radius 3 is 2.77 bits per heavy atom. The van der Waals surface area contributed by atoms with E-state index in [1.807, 2.05) is 0 Å². The summed E-state index contributed by atoms with van der Waals surface area (Å²) in [6.07, 6.45) is 2.97. The summed E-state index contributed by atoms with van der Waals surface area (Å²) in [4.78, 5) is 0. The molecule has 13 heavy (non-hydrogen) atoms. The highest BCUT2D eigenvalue weighted by atomic mass is 16.7. The molecule has 1 unspecified atom stereocenters. The van der Waals surface area contributed by atoms with E-state index >= 15 is 0 Å². The predicted octanol–water partition coefficient (Wildman–Crippen LogP) is -0.484. The van der Waals surface area contributed by atoms with Gasteiger partial charge in [-0.1, -0.05) is 0 Å². The summed E-state index contributed by atoms with van der Waals surface area (Å²) in [7, 11) is -1.71. The lowest BCUT2D eigenvalue weighted by molar-refractivity contribution is -0.166. The molecule has 5 nitrogen and oxygen atoms in total. The molecule has 0 aromatic heterocycles. The molecule has 1 fully saturated rings. The Morgan fingerprint density at radius 1 is 1.31 bits per heavy atom. The molecule has 76 valence electrons. The van der Waals surface area contributed by atoms with Crippen molar-refractivity contribution in [3.8, 4) is 0 Å². The molecule has 0 bridgehead atoms. The monoisotopic (exact) mass is 190 g/mol. The van der Waals surface area contributed by atoms with Gasteiger partial charge in [-0.2, -0.15) is 0 Å². The summed E-state index contributed by atoms with van der Waals surface area (Å²) >= 11 is 0. The fourth-order valence-corrected chi connectivity index (χ4v) is 1.18. The van der Waals surface area contributed by atoms with Crippen LogP contribution in [0, 0.1) is 0 Å². The molecule has 0 radical (unpaired) electrons. The normalized spacial score (nSPS) is 23.1. The fraction of sp³-hybridized carbons (Fsp3) is 1.00. The van der Waals surface area contributed by atoms with Gasteiger partial charge in [0.15, 0.2) is 6.29 Å². The minimum atomic E-state index is -1.71. The van der Waals surface area contributed by atoms with Gasteiger partial charge in [-0.05, 0) is 19.3 Å². The molecular formula is C7H15BO5. The van der Waals surface area contributed by atoms with Gasteiger partial charge in [-0.15, -0.1) is 0 Å². The first kappa shape index (κ1) is 10.9. The highest BCUT2D eigenvalue weighted by Crippen LogP contribution is 2.13. The number of hydrogen-bond donors (Lipinski definition) is 2. The number of rotatable bonds is 5. The van der Waals surface area contributed by atoms with E-state index in [0.29, 0.717) is 6.61 Å². The summed E-state index contributed by atoms with van der Waals surface area (Å²) in [5.41, 5.74) is 0. The molecule has 0 amide bonds. The summed E-state index contributed by atoms with van der Waals surface area (Å²) in [6.45, 7) is 1.23. The van der Waals surface area contributed by atoms with E-state index < -0.39 is 7.32 Å². The predicted molar refractivity (Wildman–Crippen MR) is 45.7 cm³/mol. The third kappa shape index (κ3) is 5.23. The van der Waals surface area contributed by atoms with Crippen LogP contribution in [0.3, 0.4) is 0 Å². The Hall–Kier alpha value is -0.135. The molecule has 1 rings (SSSR count). The second-order valence-electron chi connectivity index (χ2n) is 2.86. The van der Waals surface area contributed by atoms with Gasteiger partial charge >= 0.3 is 7.32 Å². The number of hydrogen-bond acceptors (Lipinski definition) is 5. The van der Waals surface area contributed by atoms with E-state index in [4.69, 9.17) is 19.5 Å². The van der Waals surface area contributed by atoms with Crippen LogP contribution in [0.15, 0.2) is 0 Å². The van der Waals surface area contributed by atoms with Gasteiger partial charge < -0.3 is 24.2 Å². The van der Waals surface area contributed by atoms with Crippen LogP contribution >= 0.6 is 0 Å². The second kappa shape index (κ2) is 6.34. The van der Waals surface area contributed by atoms with Gasteiger partial charge in [-0.25, -0.2) is 0 Å². The molecule has 1 aliphatic rings. The van der Waals surface area contributed by atoms with Crippen LogP contribution in [0.25, 0.3) is 0 Å². The van der Waals surface area contributed by atoms with Crippen LogP contribution in [-0.4, -0.2) is 43.5 Å². The Bertz CT molecular complexity index is 126. The largest absolute Gasteiger partial charge is 0.633 e. The van der Waals surface area contributed by atoms with Crippen LogP contribution in [0.2, 0.25) is 0 Å². The first-order chi connectivity index (χ1) is 6.29. The van der Waals surface area contributed by atoms with Gasteiger partial charge in [0.2, 0.25) is 0 Å². The standard InChI is InChI=1S/C7H15BO5/c9-8(10)13-6-5-12-7-3-1-2-4-11-7/h7,9-10H,1-6H2. The minimum Gasteiger partial charge on any atom is -0.402 e. The van der Waals surface area contributed by atoms with E-state index in [2.05, 4.69) is 4.65 Å². The maximum absolute atomic E-state index is 8.34. The van der Waals surface area contributed by atoms with Gasteiger partial charge in [-0.3, -0.25) is 0 Å². The average Bonchev–Trinajstić information content (AvgIpc) is 2.14. The number of ether oxygens (including phenoxy) is 2. The topological polar surface area (TPSA) is 68.2 Å².